The molecule has 0 fully saturated rings. The Labute approximate surface area is 142 Å². The molecule has 3 N–H and O–H groups in total. The molecular formula is C18H12N4O3. The summed E-state index contributed by atoms with van der Waals surface area (Å²) in [7, 11) is 0. The number of aromatic nitrogens is 1. The van der Waals surface area contributed by atoms with E-state index in [9.17, 15) is 15.4 Å². The van der Waals surface area contributed by atoms with Crippen molar-refractivity contribution < 1.29 is 9.66 Å². The van der Waals surface area contributed by atoms with Crippen molar-refractivity contribution in [2.75, 3.05) is 0 Å². The second kappa shape index (κ2) is 5.39. The molecule has 1 aliphatic rings. The number of hydrogen-bond donors (Lipinski definition) is 2. The maximum absolute atomic E-state index is 11.5. The second-order valence-electron chi connectivity index (χ2n) is 5.65. The predicted octanol–water partition coefficient (Wildman–Crippen LogP) is 3.29. The standard InChI is InChI=1S/C18H12N4O3/c19-9-12-15(11-6-2-4-8-14(11)22(23)24)16-17(25-18(12)20)10-5-1-3-7-13(10)21-16/h1-8,15,21H,20H2. The topological polar surface area (TPSA) is 118 Å². The van der Waals surface area contributed by atoms with Crippen LogP contribution in [-0.2, 0) is 0 Å². The average molecular weight is 332 g/mol. The molecule has 122 valence electrons. The smallest absolute Gasteiger partial charge is 0.273 e. The van der Waals surface area contributed by atoms with E-state index in [2.05, 4.69) is 4.98 Å². The lowest BCUT2D eigenvalue weighted by Crippen LogP contribution is -2.21. The Bertz CT molecular complexity index is 1090. The molecule has 0 spiro atoms. The zero-order valence-electron chi connectivity index (χ0n) is 12.9. The summed E-state index contributed by atoms with van der Waals surface area (Å²) in [5.41, 5.74) is 7.82. The quantitative estimate of drug-likeness (QED) is 0.551. The first-order valence-corrected chi connectivity index (χ1v) is 7.53. The number of ether oxygens (including phenoxy) is 1. The van der Waals surface area contributed by atoms with Gasteiger partial charge in [0.25, 0.3) is 5.69 Å². The van der Waals surface area contributed by atoms with Gasteiger partial charge in [-0.2, -0.15) is 5.26 Å². The van der Waals surface area contributed by atoms with Crippen LogP contribution in [0.25, 0.3) is 10.9 Å². The number of nitrogens with zero attached hydrogens (tertiary/aromatic N) is 2. The van der Waals surface area contributed by atoms with E-state index in [0.717, 1.165) is 10.9 Å². The third-order valence-corrected chi connectivity index (χ3v) is 4.31. The first-order valence-electron chi connectivity index (χ1n) is 7.53. The predicted molar refractivity (Wildman–Crippen MR) is 90.7 cm³/mol. The minimum atomic E-state index is -0.692. The molecular weight excluding hydrogens is 320 g/mol. The summed E-state index contributed by atoms with van der Waals surface area (Å²) in [6, 6.07) is 15.8. The number of fused-ring (bicyclic) bond motifs is 3. The molecule has 1 atom stereocenters. The third-order valence-electron chi connectivity index (χ3n) is 4.31. The summed E-state index contributed by atoms with van der Waals surface area (Å²) >= 11 is 0. The van der Waals surface area contributed by atoms with Crippen LogP contribution in [0.5, 0.6) is 5.75 Å². The minimum Gasteiger partial charge on any atom is -0.438 e. The summed E-state index contributed by atoms with van der Waals surface area (Å²) in [6.07, 6.45) is 0. The Morgan fingerprint density at radius 3 is 2.68 bits per heavy atom. The zero-order valence-corrected chi connectivity index (χ0v) is 12.9. The van der Waals surface area contributed by atoms with Gasteiger partial charge in [-0.3, -0.25) is 10.1 Å². The van der Waals surface area contributed by atoms with Gasteiger partial charge >= 0.3 is 0 Å². The molecule has 1 unspecified atom stereocenters. The van der Waals surface area contributed by atoms with Crippen LogP contribution in [0, 0.1) is 21.4 Å². The second-order valence-corrected chi connectivity index (χ2v) is 5.65. The summed E-state index contributed by atoms with van der Waals surface area (Å²) in [4.78, 5) is 14.2. The molecule has 2 heterocycles. The van der Waals surface area contributed by atoms with E-state index < -0.39 is 10.8 Å². The van der Waals surface area contributed by atoms with Crippen molar-refractivity contribution in [3.63, 3.8) is 0 Å². The van der Waals surface area contributed by atoms with Crippen molar-refractivity contribution in [2.45, 2.75) is 5.92 Å². The van der Waals surface area contributed by atoms with Crippen molar-refractivity contribution in [2.24, 2.45) is 5.73 Å². The van der Waals surface area contributed by atoms with Crippen molar-refractivity contribution in [3.8, 4) is 11.8 Å². The van der Waals surface area contributed by atoms with E-state index in [1.54, 1.807) is 18.2 Å². The number of benzene rings is 2. The fraction of sp³-hybridized carbons (Fsp3) is 0.0556. The number of nitro groups is 1. The molecule has 1 aromatic heterocycles. The third kappa shape index (κ3) is 2.12. The lowest BCUT2D eigenvalue weighted by atomic mass is 9.86. The molecule has 7 heteroatoms. The van der Waals surface area contributed by atoms with Gasteiger partial charge in [0.05, 0.1) is 16.5 Å². The van der Waals surface area contributed by atoms with Crippen LogP contribution in [0.15, 0.2) is 60.0 Å². The lowest BCUT2D eigenvalue weighted by molar-refractivity contribution is -0.385. The summed E-state index contributed by atoms with van der Waals surface area (Å²) in [5.74, 6) is -0.235. The van der Waals surface area contributed by atoms with Crippen molar-refractivity contribution in [3.05, 3.63) is 81.4 Å². The molecule has 1 aliphatic heterocycles. The molecule has 0 aliphatic carbocycles. The van der Waals surface area contributed by atoms with Crippen LogP contribution in [0.3, 0.4) is 0 Å². The fourth-order valence-corrected chi connectivity index (χ4v) is 3.23. The number of rotatable bonds is 2. The van der Waals surface area contributed by atoms with Gasteiger partial charge in [-0.1, -0.05) is 30.3 Å². The Hall–Kier alpha value is -3.79. The minimum absolute atomic E-state index is 0.0390. The highest BCUT2D eigenvalue weighted by Gasteiger charge is 2.36. The highest BCUT2D eigenvalue weighted by molar-refractivity contribution is 5.89. The van der Waals surface area contributed by atoms with E-state index in [-0.39, 0.29) is 17.1 Å². The van der Waals surface area contributed by atoms with Crippen LogP contribution >= 0.6 is 0 Å². The Morgan fingerprint density at radius 2 is 1.92 bits per heavy atom. The molecule has 0 amide bonds. The highest BCUT2D eigenvalue weighted by Crippen LogP contribution is 2.47. The van der Waals surface area contributed by atoms with E-state index >= 15 is 0 Å². The number of allylic oxidation sites excluding steroid dienone is 1. The Balaban J connectivity index is 2.05. The van der Waals surface area contributed by atoms with Crippen molar-refractivity contribution >= 4 is 16.6 Å². The van der Waals surface area contributed by atoms with Gasteiger partial charge in [-0.25, -0.2) is 0 Å². The number of hydrogen-bond acceptors (Lipinski definition) is 5. The van der Waals surface area contributed by atoms with Crippen molar-refractivity contribution in [1.29, 1.82) is 5.26 Å². The van der Waals surface area contributed by atoms with E-state index in [1.807, 2.05) is 30.3 Å². The lowest BCUT2D eigenvalue weighted by Gasteiger charge is -2.23. The van der Waals surface area contributed by atoms with Gasteiger partial charge in [0.1, 0.15) is 11.6 Å². The molecule has 3 aromatic rings. The largest absolute Gasteiger partial charge is 0.438 e. The molecule has 7 nitrogen and oxygen atoms in total. The van der Waals surface area contributed by atoms with Gasteiger partial charge in [-0.15, -0.1) is 0 Å². The summed E-state index contributed by atoms with van der Waals surface area (Å²) < 4.78 is 5.67. The van der Waals surface area contributed by atoms with Crippen LogP contribution < -0.4 is 10.5 Å². The molecule has 25 heavy (non-hydrogen) atoms. The Morgan fingerprint density at radius 1 is 1.20 bits per heavy atom. The SMILES string of the molecule is N#CC1=C(N)Oc2c([nH]c3ccccc23)C1c1ccccc1[N+](=O)[O-]. The van der Waals surface area contributed by atoms with Crippen LogP contribution in [0.4, 0.5) is 5.69 Å². The van der Waals surface area contributed by atoms with Gasteiger partial charge in [0.15, 0.2) is 5.75 Å². The highest BCUT2D eigenvalue weighted by atomic mass is 16.6. The molecule has 0 saturated carbocycles. The number of nitriles is 1. The molecule has 4 rings (SSSR count). The number of nitrogens with two attached hydrogens (primary N) is 1. The van der Waals surface area contributed by atoms with Crippen molar-refractivity contribution in [1.82, 2.24) is 4.98 Å². The number of nitrogens with one attached hydrogen (secondary N) is 1. The zero-order chi connectivity index (χ0) is 17.6. The number of H-pyrrole nitrogens is 1. The first-order chi connectivity index (χ1) is 12.1. The van der Waals surface area contributed by atoms with Crippen LogP contribution in [0.2, 0.25) is 0 Å². The van der Waals surface area contributed by atoms with Crippen LogP contribution in [0.1, 0.15) is 17.2 Å². The molecule has 2 aromatic carbocycles. The van der Waals surface area contributed by atoms with E-state index in [0.29, 0.717) is 17.0 Å². The summed E-state index contributed by atoms with van der Waals surface area (Å²) in [6.45, 7) is 0. The maximum Gasteiger partial charge on any atom is 0.273 e. The molecule has 0 saturated heterocycles. The van der Waals surface area contributed by atoms with Gasteiger partial charge in [0, 0.05) is 22.5 Å². The Kier molecular flexibility index (Phi) is 3.18. The first kappa shape index (κ1) is 14.8. The van der Waals surface area contributed by atoms with E-state index in [1.165, 1.54) is 6.07 Å². The maximum atomic E-state index is 11.5. The molecule has 0 radical (unpaired) electrons. The van der Waals surface area contributed by atoms with Gasteiger partial charge in [-0.05, 0) is 12.1 Å². The normalized spacial score (nSPS) is 16.2. The number of para-hydroxylation sites is 2. The van der Waals surface area contributed by atoms with Gasteiger partial charge < -0.3 is 15.5 Å². The number of aromatic amines is 1. The van der Waals surface area contributed by atoms with Crippen LogP contribution in [-0.4, -0.2) is 9.91 Å². The van der Waals surface area contributed by atoms with Gasteiger partial charge in [0.2, 0.25) is 5.88 Å². The molecule has 0 bridgehead atoms. The monoisotopic (exact) mass is 332 g/mol. The average Bonchev–Trinajstić information content (AvgIpc) is 2.98. The fourth-order valence-electron chi connectivity index (χ4n) is 3.23. The summed E-state index contributed by atoms with van der Waals surface area (Å²) in [5, 5.41) is 21.8. The number of nitro benzene ring substituents is 1. The van der Waals surface area contributed by atoms with E-state index in [4.69, 9.17) is 10.5 Å².